The molecule has 2 N–H and O–H groups in total. The van der Waals surface area contributed by atoms with Crippen LogP contribution in [0.5, 0.6) is 0 Å². The second kappa shape index (κ2) is 6.54. The summed E-state index contributed by atoms with van der Waals surface area (Å²) in [5, 5.41) is 10.1. The molecule has 1 saturated heterocycles. The molecule has 1 fully saturated rings. The lowest BCUT2D eigenvalue weighted by Crippen LogP contribution is -2.35. The largest absolute Gasteiger partial charge is 0.359 e. The molecule has 5 nitrogen and oxygen atoms in total. The van der Waals surface area contributed by atoms with Gasteiger partial charge >= 0.3 is 0 Å². The van der Waals surface area contributed by atoms with E-state index < -0.39 is 0 Å². The predicted octanol–water partition coefficient (Wildman–Crippen LogP) is 1.52. The van der Waals surface area contributed by atoms with Gasteiger partial charge < -0.3 is 15.2 Å². The SMILES string of the molecule is Cc1cc(CNC(=O)CCC2CCCCN2)on1. The summed E-state index contributed by atoms with van der Waals surface area (Å²) in [6.07, 6.45) is 5.21. The van der Waals surface area contributed by atoms with Gasteiger partial charge in [-0.1, -0.05) is 11.6 Å². The Balaban J connectivity index is 1.62. The van der Waals surface area contributed by atoms with E-state index in [0.717, 1.165) is 18.7 Å². The molecule has 0 spiro atoms. The number of amides is 1. The Kier molecular flexibility index (Phi) is 4.75. The van der Waals surface area contributed by atoms with Crippen LogP contribution >= 0.6 is 0 Å². The summed E-state index contributed by atoms with van der Waals surface area (Å²) in [6.45, 7) is 3.38. The normalized spacial score (nSPS) is 19.7. The van der Waals surface area contributed by atoms with Gasteiger partial charge in [0.2, 0.25) is 5.91 Å². The monoisotopic (exact) mass is 251 g/mol. The molecular weight excluding hydrogens is 230 g/mol. The third-order valence-electron chi connectivity index (χ3n) is 3.27. The molecule has 100 valence electrons. The average molecular weight is 251 g/mol. The highest BCUT2D eigenvalue weighted by Crippen LogP contribution is 2.11. The Hall–Kier alpha value is -1.36. The average Bonchev–Trinajstić information content (AvgIpc) is 2.81. The first kappa shape index (κ1) is 13.1. The van der Waals surface area contributed by atoms with Gasteiger partial charge in [0.1, 0.15) is 0 Å². The standard InChI is InChI=1S/C13H21N3O2/c1-10-8-12(18-16-10)9-15-13(17)6-5-11-4-2-3-7-14-11/h8,11,14H,2-7,9H2,1H3,(H,15,17). The topological polar surface area (TPSA) is 67.2 Å². The van der Waals surface area contributed by atoms with E-state index in [9.17, 15) is 4.79 Å². The van der Waals surface area contributed by atoms with Crippen molar-refractivity contribution in [2.45, 2.75) is 51.6 Å². The lowest BCUT2D eigenvalue weighted by atomic mass is 10.0. The van der Waals surface area contributed by atoms with Gasteiger partial charge in [-0.25, -0.2) is 0 Å². The lowest BCUT2D eigenvalue weighted by molar-refractivity contribution is -0.121. The van der Waals surface area contributed by atoms with Crippen molar-refractivity contribution in [3.63, 3.8) is 0 Å². The van der Waals surface area contributed by atoms with Crippen LogP contribution in [0.25, 0.3) is 0 Å². The van der Waals surface area contributed by atoms with Crippen LogP contribution in [0.4, 0.5) is 0 Å². The van der Waals surface area contributed by atoms with Crippen LogP contribution in [0.3, 0.4) is 0 Å². The molecule has 0 bridgehead atoms. The van der Waals surface area contributed by atoms with Crippen molar-refractivity contribution in [1.29, 1.82) is 0 Å². The van der Waals surface area contributed by atoms with E-state index in [2.05, 4.69) is 15.8 Å². The van der Waals surface area contributed by atoms with Gasteiger partial charge in [-0.15, -0.1) is 0 Å². The fraction of sp³-hybridized carbons (Fsp3) is 0.692. The van der Waals surface area contributed by atoms with Crippen LogP contribution in [0.2, 0.25) is 0 Å². The molecule has 0 radical (unpaired) electrons. The Morgan fingerprint density at radius 3 is 3.17 bits per heavy atom. The van der Waals surface area contributed by atoms with Crippen molar-refractivity contribution in [2.75, 3.05) is 6.54 Å². The summed E-state index contributed by atoms with van der Waals surface area (Å²) < 4.78 is 5.03. The van der Waals surface area contributed by atoms with E-state index in [1.807, 2.05) is 13.0 Å². The molecule has 18 heavy (non-hydrogen) atoms. The molecule has 1 amide bonds. The number of rotatable bonds is 5. The molecule has 1 aliphatic rings. The molecule has 5 heteroatoms. The van der Waals surface area contributed by atoms with Gasteiger partial charge in [0.05, 0.1) is 12.2 Å². The molecule has 0 saturated carbocycles. The zero-order chi connectivity index (χ0) is 12.8. The number of aromatic nitrogens is 1. The fourth-order valence-corrected chi connectivity index (χ4v) is 2.25. The molecule has 2 heterocycles. The zero-order valence-electron chi connectivity index (χ0n) is 10.9. The van der Waals surface area contributed by atoms with Gasteiger partial charge in [-0.05, 0) is 32.7 Å². The number of carbonyl (C=O) groups excluding carboxylic acids is 1. The van der Waals surface area contributed by atoms with Crippen LogP contribution in [0, 0.1) is 6.92 Å². The van der Waals surface area contributed by atoms with Crippen molar-refractivity contribution >= 4 is 5.91 Å². The van der Waals surface area contributed by atoms with Crippen molar-refractivity contribution in [3.8, 4) is 0 Å². The fourth-order valence-electron chi connectivity index (χ4n) is 2.25. The maximum atomic E-state index is 11.7. The molecule has 1 aromatic rings. The minimum absolute atomic E-state index is 0.0800. The second-order valence-corrected chi connectivity index (χ2v) is 4.90. The van der Waals surface area contributed by atoms with Gasteiger partial charge in [-0.2, -0.15) is 0 Å². The third-order valence-corrected chi connectivity index (χ3v) is 3.27. The summed E-state index contributed by atoms with van der Waals surface area (Å²) in [7, 11) is 0. The van der Waals surface area contributed by atoms with E-state index in [-0.39, 0.29) is 5.91 Å². The summed E-state index contributed by atoms with van der Waals surface area (Å²) in [5.74, 6) is 0.785. The van der Waals surface area contributed by atoms with Crippen LogP contribution in [-0.4, -0.2) is 23.7 Å². The summed E-state index contributed by atoms with van der Waals surface area (Å²) in [5.41, 5.74) is 0.839. The maximum Gasteiger partial charge on any atom is 0.220 e. The van der Waals surface area contributed by atoms with Crippen LogP contribution in [0.1, 0.15) is 43.6 Å². The van der Waals surface area contributed by atoms with E-state index in [4.69, 9.17) is 4.52 Å². The molecule has 0 aromatic carbocycles. The van der Waals surface area contributed by atoms with Gasteiger partial charge in [0.25, 0.3) is 0 Å². The summed E-state index contributed by atoms with van der Waals surface area (Å²) in [4.78, 5) is 11.7. The van der Waals surface area contributed by atoms with Crippen molar-refractivity contribution < 1.29 is 9.32 Å². The number of hydrogen-bond acceptors (Lipinski definition) is 4. The number of hydrogen-bond donors (Lipinski definition) is 2. The smallest absolute Gasteiger partial charge is 0.220 e. The lowest BCUT2D eigenvalue weighted by Gasteiger charge is -2.22. The summed E-state index contributed by atoms with van der Waals surface area (Å²) >= 11 is 0. The molecule has 1 atom stereocenters. The number of carbonyl (C=O) groups is 1. The van der Waals surface area contributed by atoms with E-state index in [1.54, 1.807) is 0 Å². The molecule has 2 rings (SSSR count). The molecule has 0 aliphatic carbocycles. The predicted molar refractivity (Wildman–Crippen MR) is 68.0 cm³/mol. The van der Waals surface area contributed by atoms with E-state index in [0.29, 0.717) is 24.8 Å². The second-order valence-electron chi connectivity index (χ2n) is 4.90. The highest BCUT2D eigenvalue weighted by Gasteiger charge is 2.14. The van der Waals surface area contributed by atoms with Gasteiger partial charge in [-0.3, -0.25) is 4.79 Å². The first-order valence-corrected chi connectivity index (χ1v) is 6.66. The minimum Gasteiger partial charge on any atom is -0.359 e. The Labute approximate surface area is 107 Å². The Bertz CT molecular complexity index is 383. The Morgan fingerprint density at radius 2 is 2.50 bits per heavy atom. The van der Waals surface area contributed by atoms with Crippen molar-refractivity contribution in [2.24, 2.45) is 0 Å². The zero-order valence-corrected chi connectivity index (χ0v) is 10.9. The molecular formula is C13H21N3O2. The van der Waals surface area contributed by atoms with Crippen LogP contribution in [-0.2, 0) is 11.3 Å². The van der Waals surface area contributed by atoms with Gasteiger partial charge in [0, 0.05) is 18.5 Å². The van der Waals surface area contributed by atoms with Crippen LogP contribution < -0.4 is 10.6 Å². The molecule has 1 aliphatic heterocycles. The van der Waals surface area contributed by atoms with Crippen LogP contribution in [0.15, 0.2) is 10.6 Å². The molecule has 1 aromatic heterocycles. The van der Waals surface area contributed by atoms with Gasteiger partial charge in [0.15, 0.2) is 5.76 Å². The Morgan fingerprint density at radius 1 is 1.61 bits per heavy atom. The van der Waals surface area contributed by atoms with E-state index in [1.165, 1.54) is 19.3 Å². The van der Waals surface area contributed by atoms with Crippen molar-refractivity contribution in [1.82, 2.24) is 15.8 Å². The molecule has 1 unspecified atom stereocenters. The quantitative estimate of drug-likeness (QED) is 0.832. The number of piperidine rings is 1. The maximum absolute atomic E-state index is 11.7. The highest BCUT2D eigenvalue weighted by atomic mass is 16.5. The third kappa shape index (κ3) is 4.14. The number of nitrogens with zero attached hydrogens (tertiary/aromatic N) is 1. The first-order chi connectivity index (χ1) is 8.74. The summed E-state index contributed by atoms with van der Waals surface area (Å²) in [6, 6.07) is 2.35. The highest BCUT2D eigenvalue weighted by molar-refractivity contribution is 5.75. The number of aryl methyl sites for hydroxylation is 1. The number of nitrogens with one attached hydrogen (secondary N) is 2. The first-order valence-electron chi connectivity index (χ1n) is 6.66. The minimum atomic E-state index is 0.0800. The van der Waals surface area contributed by atoms with E-state index >= 15 is 0 Å². The van der Waals surface area contributed by atoms with Crippen molar-refractivity contribution in [3.05, 3.63) is 17.5 Å².